The Kier molecular flexibility index (Phi) is 7.27. The van der Waals surface area contributed by atoms with Gasteiger partial charge < -0.3 is 19.9 Å². The van der Waals surface area contributed by atoms with E-state index in [4.69, 9.17) is 5.41 Å². The number of hydrogen-bond acceptors (Lipinski definition) is 4. The lowest BCUT2D eigenvalue weighted by Crippen LogP contribution is -2.23. The van der Waals surface area contributed by atoms with Crippen LogP contribution in [-0.2, 0) is 16.0 Å². The highest BCUT2D eigenvalue weighted by Gasteiger charge is 2.25. The Hall–Kier alpha value is -3.54. The molecule has 0 aliphatic rings. The summed E-state index contributed by atoms with van der Waals surface area (Å²) < 4.78 is 1.88. The van der Waals surface area contributed by atoms with E-state index in [0.29, 0.717) is 31.4 Å². The number of aliphatic carboxylic acids is 1. The molecule has 30 heavy (non-hydrogen) atoms. The van der Waals surface area contributed by atoms with Crippen molar-refractivity contribution in [3.05, 3.63) is 90.0 Å². The Morgan fingerprint density at radius 1 is 1.13 bits per heavy atom. The van der Waals surface area contributed by atoms with E-state index in [9.17, 15) is 14.7 Å². The van der Waals surface area contributed by atoms with E-state index in [2.05, 4.69) is 4.98 Å². The number of nitrogens with zero attached hydrogens (tertiary/aromatic N) is 2. The molecule has 0 amide bonds. The molecule has 0 saturated heterocycles. The minimum absolute atomic E-state index is 0.319. The van der Waals surface area contributed by atoms with Crippen LogP contribution in [0.15, 0.2) is 73.3 Å². The summed E-state index contributed by atoms with van der Waals surface area (Å²) in [4.78, 5) is 26.8. The van der Waals surface area contributed by atoms with Gasteiger partial charge in [-0.1, -0.05) is 54.6 Å². The lowest BCUT2D eigenvalue weighted by molar-refractivity contribution is -0.139. The van der Waals surface area contributed by atoms with Crippen LogP contribution in [0.25, 0.3) is 0 Å². The highest BCUT2D eigenvalue weighted by atomic mass is 16.4. The topological polar surface area (TPSA) is 96.0 Å². The number of carbonyl (C=O) groups excluding carboxylic acids is 1. The van der Waals surface area contributed by atoms with Gasteiger partial charge in [0.25, 0.3) is 0 Å². The van der Waals surface area contributed by atoms with Crippen LogP contribution in [0, 0.1) is 5.41 Å². The largest absolute Gasteiger partial charge is 0.481 e. The van der Waals surface area contributed by atoms with Crippen molar-refractivity contribution < 1.29 is 14.7 Å². The normalized spacial score (nSPS) is 12.8. The molecule has 2 unspecified atom stereocenters. The number of carboxylic acid groups (broad SMARTS) is 1. The summed E-state index contributed by atoms with van der Waals surface area (Å²) in [6, 6.07) is 16.7. The van der Waals surface area contributed by atoms with Crippen LogP contribution in [0.2, 0.25) is 0 Å². The van der Waals surface area contributed by atoms with Gasteiger partial charge in [-0.2, -0.15) is 0 Å². The minimum Gasteiger partial charge on any atom is -0.481 e. The number of hydrogen-bond donors (Lipinski definition) is 2. The number of benzene rings is 2. The van der Waals surface area contributed by atoms with Crippen molar-refractivity contribution in [1.29, 1.82) is 5.41 Å². The molecule has 0 aliphatic carbocycles. The maximum Gasteiger partial charge on any atom is 0.310 e. The second-order valence-electron chi connectivity index (χ2n) is 7.20. The van der Waals surface area contributed by atoms with Crippen molar-refractivity contribution in [2.24, 2.45) is 0 Å². The summed E-state index contributed by atoms with van der Waals surface area (Å²) >= 11 is 0. The fraction of sp³-hybridized carbons (Fsp3) is 0.250. The predicted molar refractivity (Wildman–Crippen MR) is 115 cm³/mol. The number of rotatable bonds is 11. The number of imidazole rings is 1. The first-order chi connectivity index (χ1) is 14.6. The Balaban J connectivity index is 1.94. The second-order valence-corrected chi connectivity index (χ2v) is 7.20. The quantitative estimate of drug-likeness (QED) is 0.284. The third kappa shape index (κ3) is 5.08. The highest BCUT2D eigenvalue weighted by molar-refractivity contribution is 6.01. The van der Waals surface area contributed by atoms with E-state index in [1.54, 1.807) is 12.5 Å². The zero-order valence-electron chi connectivity index (χ0n) is 16.6. The fourth-order valence-corrected chi connectivity index (χ4v) is 3.71. The highest BCUT2D eigenvalue weighted by Crippen LogP contribution is 2.29. The summed E-state index contributed by atoms with van der Waals surface area (Å²) in [6.07, 6.45) is 7.75. The van der Waals surface area contributed by atoms with Crippen LogP contribution in [0.1, 0.15) is 47.9 Å². The first-order valence-corrected chi connectivity index (χ1v) is 9.97. The molecule has 0 aliphatic heterocycles. The van der Waals surface area contributed by atoms with Gasteiger partial charge in [0.15, 0.2) is 0 Å². The number of carboxylic acids is 1. The third-order valence-electron chi connectivity index (χ3n) is 5.26. The average molecular weight is 403 g/mol. The van der Waals surface area contributed by atoms with Gasteiger partial charge in [-0.05, 0) is 36.0 Å². The monoisotopic (exact) mass is 403 g/mol. The average Bonchev–Trinajstić information content (AvgIpc) is 3.30. The molecule has 0 fully saturated rings. The van der Waals surface area contributed by atoms with Crippen LogP contribution in [0.5, 0.6) is 0 Å². The molecule has 3 rings (SSSR count). The van der Waals surface area contributed by atoms with E-state index in [-0.39, 0.29) is 6.04 Å². The second kappa shape index (κ2) is 10.3. The number of unbranched alkanes of at least 4 members (excludes halogenated alkanes) is 1. The first-order valence-electron chi connectivity index (χ1n) is 9.97. The van der Waals surface area contributed by atoms with Crippen molar-refractivity contribution in [3.63, 3.8) is 0 Å². The van der Waals surface area contributed by atoms with Crippen LogP contribution in [0.3, 0.4) is 0 Å². The Bertz CT molecular complexity index is 984. The Morgan fingerprint density at radius 3 is 2.53 bits per heavy atom. The summed E-state index contributed by atoms with van der Waals surface area (Å²) in [7, 11) is 0. The fourth-order valence-electron chi connectivity index (χ4n) is 3.71. The minimum atomic E-state index is -0.898. The number of nitrogens with one attached hydrogen (secondary N) is 1. The summed E-state index contributed by atoms with van der Waals surface area (Å²) in [5, 5.41) is 18.6. The standard InChI is InChI=1S/C24H25N3O3/c25-23(18-8-2-1-3-9-18)22(27-14-13-26-17-27)16-19-10-4-5-11-20(19)21(24(29)30)12-6-7-15-28/h1-5,8-11,13-15,17,21-22,25H,6-7,12,16H2,(H,29,30). The molecule has 3 aromatic rings. The predicted octanol–water partition coefficient (Wildman–Crippen LogP) is 4.27. The molecular weight excluding hydrogens is 378 g/mol. The zero-order chi connectivity index (χ0) is 21.3. The van der Waals surface area contributed by atoms with E-state index in [1.165, 1.54) is 0 Å². The summed E-state index contributed by atoms with van der Waals surface area (Å²) in [5.74, 6) is -1.58. The number of aldehydes is 1. The van der Waals surface area contributed by atoms with Gasteiger partial charge in [0.1, 0.15) is 6.29 Å². The molecule has 1 heterocycles. The molecule has 2 N–H and O–H groups in total. The van der Waals surface area contributed by atoms with Crippen molar-refractivity contribution in [3.8, 4) is 0 Å². The van der Waals surface area contributed by atoms with E-state index in [1.807, 2.05) is 65.4 Å². The SMILES string of the molecule is N=C(c1ccccc1)C(Cc1ccccc1C(CCCC=O)C(=O)O)n1ccnc1. The molecule has 0 radical (unpaired) electrons. The first kappa shape index (κ1) is 21.2. The molecule has 6 heteroatoms. The molecule has 154 valence electrons. The van der Waals surface area contributed by atoms with Crippen molar-refractivity contribution in [2.45, 2.75) is 37.6 Å². The molecule has 1 aromatic heterocycles. The van der Waals surface area contributed by atoms with Gasteiger partial charge in [0.2, 0.25) is 0 Å². The maximum absolute atomic E-state index is 12.0. The lowest BCUT2D eigenvalue weighted by Gasteiger charge is -2.23. The van der Waals surface area contributed by atoms with Crippen molar-refractivity contribution in [2.75, 3.05) is 0 Å². The molecule has 2 aromatic carbocycles. The van der Waals surface area contributed by atoms with Crippen molar-refractivity contribution in [1.82, 2.24) is 9.55 Å². The Morgan fingerprint density at radius 2 is 1.87 bits per heavy atom. The van der Waals surface area contributed by atoms with Gasteiger partial charge in [0, 0.05) is 18.8 Å². The van der Waals surface area contributed by atoms with E-state index in [0.717, 1.165) is 23.0 Å². The smallest absolute Gasteiger partial charge is 0.310 e. The molecule has 0 saturated carbocycles. The molecule has 0 bridgehead atoms. The van der Waals surface area contributed by atoms with E-state index < -0.39 is 11.9 Å². The molecule has 6 nitrogen and oxygen atoms in total. The molecule has 0 spiro atoms. The van der Waals surface area contributed by atoms with Gasteiger partial charge in [-0.15, -0.1) is 0 Å². The Labute approximate surface area is 175 Å². The van der Waals surface area contributed by atoms with Crippen LogP contribution >= 0.6 is 0 Å². The summed E-state index contributed by atoms with van der Waals surface area (Å²) in [6.45, 7) is 0. The lowest BCUT2D eigenvalue weighted by atomic mass is 9.86. The van der Waals surface area contributed by atoms with Gasteiger partial charge in [-0.25, -0.2) is 4.98 Å². The molecule has 2 atom stereocenters. The van der Waals surface area contributed by atoms with Crippen LogP contribution in [0.4, 0.5) is 0 Å². The van der Waals surface area contributed by atoms with Crippen molar-refractivity contribution >= 4 is 18.0 Å². The molecular formula is C24H25N3O3. The van der Waals surface area contributed by atoms with Gasteiger partial charge >= 0.3 is 5.97 Å². The van der Waals surface area contributed by atoms with Crippen LogP contribution < -0.4 is 0 Å². The van der Waals surface area contributed by atoms with Crippen LogP contribution in [-0.4, -0.2) is 32.6 Å². The zero-order valence-corrected chi connectivity index (χ0v) is 16.6. The van der Waals surface area contributed by atoms with Gasteiger partial charge in [0.05, 0.1) is 24.0 Å². The van der Waals surface area contributed by atoms with Gasteiger partial charge in [-0.3, -0.25) is 4.79 Å². The maximum atomic E-state index is 12.0. The van der Waals surface area contributed by atoms with E-state index >= 15 is 0 Å². The number of aromatic nitrogens is 2. The number of carbonyl (C=O) groups is 2. The third-order valence-corrected chi connectivity index (χ3v) is 5.26. The summed E-state index contributed by atoms with van der Waals surface area (Å²) in [5.41, 5.74) is 2.88.